The number of hydrogen-bond donors (Lipinski definition) is 1. The molecule has 0 amide bonds. The number of hydrogen-bond acceptors (Lipinski definition) is 3. The minimum absolute atomic E-state index is 0.215. The summed E-state index contributed by atoms with van der Waals surface area (Å²) in [5.74, 6) is 1.85. The minimum Gasteiger partial charge on any atom is -0.491 e. The second kappa shape index (κ2) is 8.28. The first-order valence-corrected chi connectivity index (χ1v) is 7.78. The van der Waals surface area contributed by atoms with Crippen LogP contribution in [0.4, 0.5) is 0 Å². The SMILES string of the molecule is CC(C)Oc1ccccc1CNCCCOCC1CC1. The van der Waals surface area contributed by atoms with Gasteiger partial charge in [-0.1, -0.05) is 18.2 Å². The third-order valence-electron chi connectivity index (χ3n) is 3.34. The van der Waals surface area contributed by atoms with Crippen molar-refractivity contribution in [3.8, 4) is 5.75 Å². The molecule has 1 fully saturated rings. The van der Waals surface area contributed by atoms with Crippen LogP contribution in [0, 0.1) is 5.92 Å². The van der Waals surface area contributed by atoms with Crippen molar-refractivity contribution in [3.63, 3.8) is 0 Å². The van der Waals surface area contributed by atoms with E-state index < -0.39 is 0 Å². The molecule has 1 aliphatic carbocycles. The molecule has 1 aliphatic rings. The van der Waals surface area contributed by atoms with E-state index in [1.165, 1.54) is 18.4 Å². The van der Waals surface area contributed by atoms with E-state index in [9.17, 15) is 0 Å². The molecule has 1 N–H and O–H groups in total. The normalized spacial score (nSPS) is 14.8. The topological polar surface area (TPSA) is 30.5 Å². The van der Waals surface area contributed by atoms with Crippen molar-refractivity contribution in [1.82, 2.24) is 5.32 Å². The summed E-state index contributed by atoms with van der Waals surface area (Å²) in [6, 6.07) is 8.24. The Bertz CT molecular complexity index is 388. The van der Waals surface area contributed by atoms with Gasteiger partial charge in [-0.05, 0) is 51.6 Å². The van der Waals surface area contributed by atoms with E-state index in [0.717, 1.165) is 44.4 Å². The summed E-state index contributed by atoms with van der Waals surface area (Å²) < 4.78 is 11.4. The van der Waals surface area contributed by atoms with Crippen molar-refractivity contribution in [2.45, 2.75) is 45.8 Å². The standard InChI is InChI=1S/C17H27NO2/c1-14(2)20-17-7-4-3-6-16(17)12-18-10-5-11-19-13-15-8-9-15/h3-4,6-7,14-15,18H,5,8-13H2,1-2H3. The smallest absolute Gasteiger partial charge is 0.124 e. The highest BCUT2D eigenvalue weighted by Crippen LogP contribution is 2.28. The van der Waals surface area contributed by atoms with E-state index in [4.69, 9.17) is 9.47 Å². The van der Waals surface area contributed by atoms with E-state index in [1.54, 1.807) is 0 Å². The third-order valence-corrected chi connectivity index (χ3v) is 3.34. The van der Waals surface area contributed by atoms with Gasteiger partial charge in [0.15, 0.2) is 0 Å². The second-order valence-electron chi connectivity index (χ2n) is 5.82. The molecule has 0 bridgehead atoms. The highest BCUT2D eigenvalue weighted by molar-refractivity contribution is 5.33. The maximum atomic E-state index is 5.81. The Labute approximate surface area is 122 Å². The van der Waals surface area contributed by atoms with Gasteiger partial charge < -0.3 is 14.8 Å². The summed E-state index contributed by atoms with van der Waals surface area (Å²) in [5.41, 5.74) is 1.22. The molecule has 2 rings (SSSR count). The molecule has 0 saturated heterocycles. The van der Waals surface area contributed by atoms with Crippen molar-refractivity contribution in [2.24, 2.45) is 5.92 Å². The van der Waals surface area contributed by atoms with Crippen LogP contribution in [0.5, 0.6) is 5.75 Å². The summed E-state index contributed by atoms with van der Waals surface area (Å²) in [5, 5.41) is 3.46. The fourth-order valence-electron chi connectivity index (χ4n) is 2.08. The zero-order chi connectivity index (χ0) is 14.2. The number of para-hydroxylation sites is 1. The number of benzene rings is 1. The third kappa shape index (κ3) is 5.93. The Hall–Kier alpha value is -1.06. The predicted octanol–water partition coefficient (Wildman–Crippen LogP) is 3.38. The number of ether oxygens (including phenoxy) is 2. The van der Waals surface area contributed by atoms with Crippen molar-refractivity contribution in [2.75, 3.05) is 19.8 Å². The first kappa shape index (κ1) is 15.3. The largest absolute Gasteiger partial charge is 0.491 e. The van der Waals surface area contributed by atoms with Gasteiger partial charge in [-0.15, -0.1) is 0 Å². The van der Waals surface area contributed by atoms with Gasteiger partial charge >= 0.3 is 0 Å². The van der Waals surface area contributed by atoms with Gasteiger partial charge in [-0.25, -0.2) is 0 Å². The van der Waals surface area contributed by atoms with Crippen LogP contribution in [0.2, 0.25) is 0 Å². The average Bonchev–Trinajstić information content (AvgIpc) is 3.23. The Balaban J connectivity index is 1.60. The summed E-state index contributed by atoms with van der Waals surface area (Å²) in [6.45, 7) is 7.79. The average molecular weight is 277 g/mol. The molecule has 112 valence electrons. The minimum atomic E-state index is 0.215. The lowest BCUT2D eigenvalue weighted by molar-refractivity contribution is 0.122. The van der Waals surface area contributed by atoms with Crippen LogP contribution >= 0.6 is 0 Å². The molecule has 1 aromatic carbocycles. The lowest BCUT2D eigenvalue weighted by Crippen LogP contribution is -2.18. The van der Waals surface area contributed by atoms with Gasteiger partial charge in [0.2, 0.25) is 0 Å². The first-order valence-electron chi connectivity index (χ1n) is 7.78. The monoisotopic (exact) mass is 277 g/mol. The summed E-state index contributed by atoms with van der Waals surface area (Å²) in [6.07, 6.45) is 4.02. The molecule has 20 heavy (non-hydrogen) atoms. The molecule has 1 aromatic rings. The van der Waals surface area contributed by atoms with Gasteiger partial charge in [-0.2, -0.15) is 0 Å². The van der Waals surface area contributed by atoms with Gasteiger partial charge in [0, 0.05) is 25.3 Å². The molecule has 3 nitrogen and oxygen atoms in total. The molecule has 0 spiro atoms. The van der Waals surface area contributed by atoms with E-state index in [1.807, 2.05) is 12.1 Å². The molecule has 1 saturated carbocycles. The molecule has 0 aliphatic heterocycles. The first-order chi connectivity index (χ1) is 9.75. The second-order valence-corrected chi connectivity index (χ2v) is 5.82. The van der Waals surface area contributed by atoms with Gasteiger partial charge in [0.1, 0.15) is 5.75 Å². The highest BCUT2D eigenvalue weighted by atomic mass is 16.5. The maximum absolute atomic E-state index is 5.81. The zero-order valence-electron chi connectivity index (χ0n) is 12.7. The van der Waals surface area contributed by atoms with Gasteiger partial charge in [-0.3, -0.25) is 0 Å². The van der Waals surface area contributed by atoms with E-state index >= 15 is 0 Å². The lowest BCUT2D eigenvalue weighted by Gasteiger charge is -2.14. The van der Waals surface area contributed by atoms with Crippen LogP contribution in [-0.2, 0) is 11.3 Å². The molecule has 0 aromatic heterocycles. The van der Waals surface area contributed by atoms with Crippen molar-refractivity contribution < 1.29 is 9.47 Å². The fourth-order valence-corrected chi connectivity index (χ4v) is 2.08. The van der Waals surface area contributed by atoms with Crippen LogP contribution in [0.3, 0.4) is 0 Å². The van der Waals surface area contributed by atoms with Crippen LogP contribution in [0.25, 0.3) is 0 Å². The van der Waals surface area contributed by atoms with Gasteiger partial charge in [0.25, 0.3) is 0 Å². The van der Waals surface area contributed by atoms with Crippen LogP contribution in [0.15, 0.2) is 24.3 Å². The Morgan fingerprint density at radius 1 is 1.25 bits per heavy atom. The predicted molar refractivity (Wildman–Crippen MR) is 82.1 cm³/mol. The van der Waals surface area contributed by atoms with Crippen LogP contribution in [0.1, 0.15) is 38.7 Å². The molecule has 3 heteroatoms. The van der Waals surface area contributed by atoms with Crippen molar-refractivity contribution in [1.29, 1.82) is 0 Å². The highest BCUT2D eigenvalue weighted by Gasteiger charge is 2.20. The van der Waals surface area contributed by atoms with Crippen LogP contribution < -0.4 is 10.1 Å². The van der Waals surface area contributed by atoms with E-state index in [0.29, 0.717) is 0 Å². The summed E-state index contributed by atoms with van der Waals surface area (Å²) in [7, 11) is 0. The fraction of sp³-hybridized carbons (Fsp3) is 0.647. The van der Waals surface area contributed by atoms with E-state index in [-0.39, 0.29) is 6.10 Å². The maximum Gasteiger partial charge on any atom is 0.124 e. The van der Waals surface area contributed by atoms with E-state index in [2.05, 4.69) is 31.3 Å². The molecule has 0 radical (unpaired) electrons. The Kier molecular flexibility index (Phi) is 6.34. The van der Waals surface area contributed by atoms with Crippen LogP contribution in [-0.4, -0.2) is 25.9 Å². The quantitative estimate of drug-likeness (QED) is 0.665. The summed E-state index contributed by atoms with van der Waals surface area (Å²) in [4.78, 5) is 0. The summed E-state index contributed by atoms with van der Waals surface area (Å²) >= 11 is 0. The molecular weight excluding hydrogens is 250 g/mol. The number of nitrogens with one attached hydrogen (secondary N) is 1. The lowest BCUT2D eigenvalue weighted by atomic mass is 10.2. The van der Waals surface area contributed by atoms with Gasteiger partial charge in [0.05, 0.1) is 6.10 Å². The molecule has 0 unspecified atom stereocenters. The molecule has 0 atom stereocenters. The van der Waals surface area contributed by atoms with Crippen molar-refractivity contribution in [3.05, 3.63) is 29.8 Å². The Morgan fingerprint density at radius 3 is 2.80 bits per heavy atom. The zero-order valence-corrected chi connectivity index (χ0v) is 12.7. The Morgan fingerprint density at radius 2 is 2.05 bits per heavy atom. The number of rotatable bonds is 10. The van der Waals surface area contributed by atoms with Crippen molar-refractivity contribution >= 4 is 0 Å². The molecule has 0 heterocycles. The molecular formula is C17H27NO2.